The van der Waals surface area contributed by atoms with Gasteiger partial charge in [0.25, 0.3) is 0 Å². The third-order valence-electron chi connectivity index (χ3n) is 6.26. The molecule has 1 saturated carbocycles. The van der Waals surface area contributed by atoms with E-state index in [1.54, 1.807) is 23.8 Å². The summed E-state index contributed by atoms with van der Waals surface area (Å²) in [5.41, 5.74) is 2.09. The number of nitrogens with one attached hydrogen (secondary N) is 1. The summed E-state index contributed by atoms with van der Waals surface area (Å²) < 4.78 is 5.26. The van der Waals surface area contributed by atoms with Crippen LogP contribution < -0.4 is 10.1 Å². The van der Waals surface area contributed by atoms with Crippen molar-refractivity contribution in [2.24, 2.45) is 0 Å². The molecule has 2 aromatic rings. The number of methoxy groups -OCH3 is 1. The van der Waals surface area contributed by atoms with E-state index in [4.69, 9.17) is 16.3 Å². The molecule has 1 unspecified atom stereocenters. The van der Waals surface area contributed by atoms with Gasteiger partial charge in [0.15, 0.2) is 0 Å². The van der Waals surface area contributed by atoms with E-state index in [2.05, 4.69) is 5.32 Å². The molecular formula is C27H35ClN2O3S. The molecule has 0 aliphatic heterocycles. The minimum atomic E-state index is -0.493. The lowest BCUT2D eigenvalue weighted by atomic mass is 9.95. The zero-order valence-electron chi connectivity index (χ0n) is 20.1. The van der Waals surface area contributed by atoms with Gasteiger partial charge in [-0.25, -0.2) is 0 Å². The van der Waals surface area contributed by atoms with Gasteiger partial charge in [-0.1, -0.05) is 62.1 Å². The predicted molar refractivity (Wildman–Crippen MR) is 140 cm³/mol. The SMILES string of the molecule is CCC(C(=O)NC1CCCCC1)N(Cc1ccc(OC)cc1)C(=O)CSCc1ccc(Cl)cc1. The number of hydrogen-bond acceptors (Lipinski definition) is 4. The lowest BCUT2D eigenvalue weighted by molar-refractivity contribution is -0.139. The van der Waals surface area contributed by atoms with Gasteiger partial charge in [-0.3, -0.25) is 9.59 Å². The maximum atomic E-state index is 13.4. The van der Waals surface area contributed by atoms with E-state index in [1.165, 1.54) is 6.42 Å². The van der Waals surface area contributed by atoms with E-state index in [0.717, 1.165) is 42.6 Å². The molecule has 5 nitrogen and oxygen atoms in total. The van der Waals surface area contributed by atoms with Crippen molar-refractivity contribution < 1.29 is 14.3 Å². The van der Waals surface area contributed by atoms with Crippen LogP contribution in [0.3, 0.4) is 0 Å². The van der Waals surface area contributed by atoms with Crippen molar-refractivity contribution in [1.82, 2.24) is 10.2 Å². The molecule has 1 aliphatic carbocycles. The van der Waals surface area contributed by atoms with E-state index in [0.29, 0.717) is 29.5 Å². The Morgan fingerprint density at radius 2 is 1.71 bits per heavy atom. The van der Waals surface area contributed by atoms with Crippen molar-refractivity contribution in [2.75, 3.05) is 12.9 Å². The summed E-state index contributed by atoms with van der Waals surface area (Å²) in [4.78, 5) is 28.4. The number of carbonyl (C=O) groups excluding carboxylic acids is 2. The summed E-state index contributed by atoms with van der Waals surface area (Å²) in [7, 11) is 1.63. The Kier molecular flexibility index (Phi) is 10.6. The van der Waals surface area contributed by atoms with Gasteiger partial charge >= 0.3 is 0 Å². The fourth-order valence-corrected chi connectivity index (χ4v) is 5.31. The third kappa shape index (κ3) is 7.95. The van der Waals surface area contributed by atoms with Crippen LogP contribution >= 0.6 is 23.4 Å². The van der Waals surface area contributed by atoms with Crippen LogP contribution in [0.15, 0.2) is 48.5 Å². The Bertz CT molecular complexity index is 914. The van der Waals surface area contributed by atoms with Crippen molar-refractivity contribution >= 4 is 35.2 Å². The number of halogens is 1. The standard InChI is InChI=1S/C27H35ClN2O3S/c1-3-25(27(32)29-23-7-5-4-6-8-23)30(17-20-11-15-24(33-2)16-12-20)26(31)19-34-18-21-9-13-22(28)14-10-21/h9-16,23,25H,3-8,17-19H2,1-2H3,(H,29,32). The first-order chi connectivity index (χ1) is 16.5. The maximum Gasteiger partial charge on any atom is 0.243 e. The van der Waals surface area contributed by atoms with Crippen LogP contribution in [-0.2, 0) is 21.9 Å². The third-order valence-corrected chi connectivity index (χ3v) is 7.50. The number of thioether (sulfide) groups is 1. The van der Waals surface area contributed by atoms with Crippen LogP contribution in [0.5, 0.6) is 5.75 Å². The lowest BCUT2D eigenvalue weighted by Gasteiger charge is -2.32. The minimum absolute atomic E-state index is 0.0274. The van der Waals surface area contributed by atoms with Gasteiger partial charge in [0, 0.05) is 23.4 Å². The second kappa shape index (κ2) is 13.6. The molecule has 0 spiro atoms. The molecule has 1 atom stereocenters. The fraction of sp³-hybridized carbons (Fsp3) is 0.481. The number of benzene rings is 2. The number of hydrogen-bond donors (Lipinski definition) is 1. The number of rotatable bonds is 11. The summed E-state index contributed by atoms with van der Waals surface area (Å²) in [5.74, 6) is 1.72. The molecule has 2 amide bonds. The van der Waals surface area contributed by atoms with Crippen LogP contribution in [0, 0.1) is 0 Å². The summed E-state index contributed by atoms with van der Waals surface area (Å²) in [6.45, 7) is 2.36. The first-order valence-electron chi connectivity index (χ1n) is 12.0. The van der Waals surface area contributed by atoms with Gasteiger partial charge in [-0.05, 0) is 54.7 Å². The first-order valence-corrected chi connectivity index (χ1v) is 13.6. The second-order valence-electron chi connectivity index (χ2n) is 8.76. The smallest absolute Gasteiger partial charge is 0.243 e. The fourth-order valence-electron chi connectivity index (χ4n) is 4.31. The molecule has 1 N–H and O–H groups in total. The number of carbonyl (C=O) groups is 2. The van der Waals surface area contributed by atoms with Crippen LogP contribution in [0.25, 0.3) is 0 Å². The van der Waals surface area contributed by atoms with Gasteiger partial charge in [-0.15, -0.1) is 11.8 Å². The largest absolute Gasteiger partial charge is 0.497 e. The molecule has 1 fully saturated rings. The van der Waals surface area contributed by atoms with Gasteiger partial charge in [0.2, 0.25) is 11.8 Å². The highest BCUT2D eigenvalue weighted by Gasteiger charge is 2.30. The van der Waals surface area contributed by atoms with Gasteiger partial charge in [0.1, 0.15) is 11.8 Å². The summed E-state index contributed by atoms with van der Waals surface area (Å²) in [5, 5.41) is 3.92. The summed E-state index contributed by atoms with van der Waals surface area (Å²) in [6, 6.07) is 15.1. The van der Waals surface area contributed by atoms with E-state index in [1.807, 2.05) is 55.5 Å². The Hall–Kier alpha value is -2.18. The highest BCUT2D eigenvalue weighted by molar-refractivity contribution is 7.99. The van der Waals surface area contributed by atoms with E-state index >= 15 is 0 Å². The number of amides is 2. The normalized spacial score (nSPS) is 14.9. The highest BCUT2D eigenvalue weighted by atomic mass is 35.5. The molecule has 0 radical (unpaired) electrons. The van der Waals surface area contributed by atoms with Crippen molar-refractivity contribution in [3.8, 4) is 5.75 Å². The zero-order valence-corrected chi connectivity index (χ0v) is 21.7. The summed E-state index contributed by atoms with van der Waals surface area (Å²) in [6.07, 6.45) is 6.14. The number of ether oxygens (including phenoxy) is 1. The van der Waals surface area contributed by atoms with E-state index in [-0.39, 0.29) is 17.9 Å². The molecule has 0 saturated heterocycles. The Balaban J connectivity index is 1.69. The topological polar surface area (TPSA) is 58.6 Å². The molecule has 0 heterocycles. The van der Waals surface area contributed by atoms with E-state index in [9.17, 15) is 9.59 Å². The molecule has 0 aromatic heterocycles. The maximum absolute atomic E-state index is 13.4. The zero-order chi connectivity index (χ0) is 24.3. The van der Waals surface area contributed by atoms with Crippen molar-refractivity contribution in [3.63, 3.8) is 0 Å². The Labute approximate surface area is 212 Å². The monoisotopic (exact) mass is 502 g/mol. The van der Waals surface area contributed by atoms with Crippen LogP contribution in [0.1, 0.15) is 56.6 Å². The quantitative estimate of drug-likeness (QED) is 0.419. The van der Waals surface area contributed by atoms with Crippen molar-refractivity contribution in [3.05, 3.63) is 64.7 Å². The first kappa shape index (κ1) is 26.4. The molecule has 2 aromatic carbocycles. The van der Waals surface area contributed by atoms with E-state index < -0.39 is 6.04 Å². The van der Waals surface area contributed by atoms with Crippen LogP contribution in [0.2, 0.25) is 5.02 Å². The average Bonchev–Trinajstić information content (AvgIpc) is 2.86. The average molecular weight is 503 g/mol. The molecule has 34 heavy (non-hydrogen) atoms. The van der Waals surface area contributed by atoms with Gasteiger partial charge in [0.05, 0.1) is 12.9 Å². The van der Waals surface area contributed by atoms with Crippen LogP contribution in [-0.4, -0.2) is 41.7 Å². The molecule has 184 valence electrons. The highest BCUT2D eigenvalue weighted by Crippen LogP contribution is 2.21. The lowest BCUT2D eigenvalue weighted by Crippen LogP contribution is -2.52. The molecular weight excluding hydrogens is 468 g/mol. The minimum Gasteiger partial charge on any atom is -0.497 e. The van der Waals surface area contributed by atoms with Crippen molar-refractivity contribution in [2.45, 2.75) is 69.8 Å². The summed E-state index contributed by atoms with van der Waals surface area (Å²) >= 11 is 7.53. The van der Waals surface area contributed by atoms with Gasteiger partial charge < -0.3 is 15.0 Å². The van der Waals surface area contributed by atoms with Crippen LogP contribution in [0.4, 0.5) is 0 Å². The van der Waals surface area contributed by atoms with Gasteiger partial charge in [-0.2, -0.15) is 0 Å². The Morgan fingerprint density at radius 3 is 2.32 bits per heavy atom. The molecule has 1 aliphatic rings. The molecule has 3 rings (SSSR count). The predicted octanol–water partition coefficient (Wildman–Crippen LogP) is 5.84. The molecule has 0 bridgehead atoms. The molecule has 7 heteroatoms. The van der Waals surface area contributed by atoms with Crippen molar-refractivity contribution in [1.29, 1.82) is 0 Å². The second-order valence-corrected chi connectivity index (χ2v) is 10.2. The Morgan fingerprint density at radius 1 is 1.06 bits per heavy atom. The number of nitrogens with zero attached hydrogens (tertiary/aromatic N) is 1.